The van der Waals surface area contributed by atoms with Gasteiger partial charge in [0.2, 0.25) is 5.91 Å². The molecule has 6 heteroatoms. The highest BCUT2D eigenvalue weighted by molar-refractivity contribution is 7.11. The van der Waals surface area contributed by atoms with Gasteiger partial charge in [-0.25, -0.2) is 0 Å². The number of amides is 1. The van der Waals surface area contributed by atoms with Crippen LogP contribution in [0.15, 0.2) is 36.0 Å². The maximum absolute atomic E-state index is 11.7. The molecule has 116 valence electrons. The number of carbonyl (C=O) groups is 1. The monoisotopic (exact) mass is 317 g/mol. The summed E-state index contributed by atoms with van der Waals surface area (Å²) in [5.74, 6) is -0.132. The van der Waals surface area contributed by atoms with Gasteiger partial charge in [0.05, 0.1) is 6.61 Å². The summed E-state index contributed by atoms with van der Waals surface area (Å²) in [6.45, 7) is 3.20. The van der Waals surface area contributed by atoms with Gasteiger partial charge in [0.1, 0.15) is 0 Å². The summed E-state index contributed by atoms with van der Waals surface area (Å²) >= 11 is 1.50. The summed E-state index contributed by atoms with van der Waals surface area (Å²) < 4.78 is 0. The molecule has 0 aliphatic carbocycles. The van der Waals surface area contributed by atoms with E-state index in [0.717, 1.165) is 21.7 Å². The first kappa shape index (κ1) is 16.2. The van der Waals surface area contributed by atoms with Crippen molar-refractivity contribution in [2.45, 2.75) is 13.5 Å². The molecule has 0 radical (unpaired) electrons. The lowest BCUT2D eigenvalue weighted by Gasteiger charge is -2.08. The number of rotatable bonds is 7. The van der Waals surface area contributed by atoms with E-state index in [2.05, 4.69) is 15.6 Å². The van der Waals surface area contributed by atoms with Crippen LogP contribution in [-0.2, 0) is 11.4 Å². The predicted octanol–water partition coefficient (Wildman–Crippen LogP) is 2.19. The largest absolute Gasteiger partial charge is 0.392 e. The fraction of sp³-hybridized carbons (Fsp3) is 0.250. The number of carbonyl (C=O) groups excluding carboxylic acids is 1. The van der Waals surface area contributed by atoms with E-state index in [1.54, 1.807) is 18.5 Å². The molecule has 0 spiro atoms. The highest BCUT2D eigenvalue weighted by Gasteiger charge is 1.99. The Morgan fingerprint density at radius 1 is 1.45 bits per heavy atom. The molecule has 2 aromatic rings. The lowest BCUT2D eigenvalue weighted by molar-refractivity contribution is -0.116. The third-order valence-corrected chi connectivity index (χ3v) is 3.96. The van der Waals surface area contributed by atoms with Gasteiger partial charge in [-0.1, -0.05) is 0 Å². The first-order valence-electron chi connectivity index (χ1n) is 6.97. The zero-order valence-corrected chi connectivity index (χ0v) is 13.2. The van der Waals surface area contributed by atoms with Crippen LogP contribution in [0.3, 0.4) is 0 Å². The van der Waals surface area contributed by atoms with Crippen LogP contribution in [0.5, 0.6) is 0 Å². The van der Waals surface area contributed by atoms with Crippen molar-refractivity contribution in [1.82, 2.24) is 10.3 Å². The Labute approximate surface area is 133 Å². The number of hydrogen-bond acceptors (Lipinski definition) is 5. The van der Waals surface area contributed by atoms with E-state index < -0.39 is 0 Å². The smallest absolute Gasteiger partial charge is 0.244 e. The minimum Gasteiger partial charge on any atom is -0.392 e. The molecule has 3 N–H and O–H groups in total. The minimum atomic E-state index is -0.132. The molecule has 5 nitrogen and oxygen atoms in total. The molecular weight excluding hydrogens is 298 g/mol. The Morgan fingerprint density at radius 2 is 2.32 bits per heavy atom. The number of hydrogen-bond donors (Lipinski definition) is 3. The molecule has 1 amide bonds. The van der Waals surface area contributed by atoms with E-state index >= 15 is 0 Å². The second-order valence-electron chi connectivity index (χ2n) is 4.76. The molecule has 2 rings (SSSR count). The SMILES string of the molecule is Cc1cnccc1NCCNC(=O)C=Cc1cc(CO)cs1. The predicted molar refractivity (Wildman–Crippen MR) is 89.7 cm³/mol. The highest BCUT2D eigenvalue weighted by Crippen LogP contribution is 2.16. The van der Waals surface area contributed by atoms with Crippen LogP contribution in [0, 0.1) is 6.92 Å². The number of nitrogens with zero attached hydrogens (tertiary/aromatic N) is 1. The van der Waals surface area contributed by atoms with Gasteiger partial charge in [0.15, 0.2) is 0 Å². The Morgan fingerprint density at radius 3 is 3.05 bits per heavy atom. The molecular formula is C16H19N3O2S. The van der Waals surface area contributed by atoms with Crippen LogP contribution in [0.1, 0.15) is 16.0 Å². The van der Waals surface area contributed by atoms with Crippen molar-refractivity contribution in [2.24, 2.45) is 0 Å². The van der Waals surface area contributed by atoms with Crippen molar-refractivity contribution >= 4 is 29.0 Å². The molecule has 0 saturated heterocycles. The van der Waals surface area contributed by atoms with Crippen molar-refractivity contribution in [2.75, 3.05) is 18.4 Å². The second kappa shape index (κ2) is 8.31. The standard InChI is InChI=1S/C16H19N3O2S/c1-12-9-17-5-4-15(12)18-6-7-19-16(21)3-2-14-8-13(10-20)11-22-14/h2-5,8-9,11,20H,6-7,10H2,1H3,(H,17,18)(H,19,21). The van der Waals surface area contributed by atoms with E-state index in [4.69, 9.17) is 5.11 Å². The van der Waals surface area contributed by atoms with Crippen LogP contribution in [0.4, 0.5) is 5.69 Å². The molecule has 0 bridgehead atoms. The zero-order chi connectivity index (χ0) is 15.8. The van der Waals surface area contributed by atoms with Gasteiger partial charge in [-0.05, 0) is 41.6 Å². The van der Waals surface area contributed by atoms with E-state index in [0.29, 0.717) is 13.1 Å². The third kappa shape index (κ3) is 4.98. The molecule has 2 heterocycles. The fourth-order valence-electron chi connectivity index (χ4n) is 1.84. The topological polar surface area (TPSA) is 74.2 Å². The van der Waals surface area contributed by atoms with E-state index in [1.807, 2.05) is 24.4 Å². The van der Waals surface area contributed by atoms with Gasteiger partial charge >= 0.3 is 0 Å². The summed E-state index contributed by atoms with van der Waals surface area (Å²) in [6.07, 6.45) is 6.79. The van der Waals surface area contributed by atoms with E-state index in [9.17, 15) is 4.79 Å². The van der Waals surface area contributed by atoms with Gasteiger partial charge in [-0.2, -0.15) is 0 Å². The van der Waals surface area contributed by atoms with Gasteiger partial charge in [-0.3, -0.25) is 9.78 Å². The van der Waals surface area contributed by atoms with Gasteiger partial charge in [0.25, 0.3) is 0 Å². The third-order valence-electron chi connectivity index (χ3n) is 3.02. The Bertz CT molecular complexity index is 652. The number of aliphatic hydroxyl groups excluding tert-OH is 1. The minimum absolute atomic E-state index is 0.0244. The number of aromatic nitrogens is 1. The number of anilines is 1. The first-order valence-corrected chi connectivity index (χ1v) is 7.85. The van der Waals surface area contributed by atoms with Crippen LogP contribution < -0.4 is 10.6 Å². The van der Waals surface area contributed by atoms with Gasteiger partial charge in [-0.15, -0.1) is 11.3 Å². The van der Waals surface area contributed by atoms with E-state index in [1.165, 1.54) is 17.4 Å². The van der Waals surface area contributed by atoms with Gasteiger partial charge < -0.3 is 15.7 Å². The maximum Gasteiger partial charge on any atom is 0.244 e. The highest BCUT2D eigenvalue weighted by atomic mass is 32.1. The van der Waals surface area contributed by atoms with Crippen LogP contribution in [0.2, 0.25) is 0 Å². The first-order chi connectivity index (χ1) is 10.7. The number of pyridine rings is 1. The normalized spacial score (nSPS) is 10.8. The molecule has 0 unspecified atom stereocenters. The molecule has 0 fully saturated rings. The lowest BCUT2D eigenvalue weighted by Crippen LogP contribution is -2.27. The summed E-state index contributed by atoms with van der Waals surface area (Å²) in [4.78, 5) is 16.7. The summed E-state index contributed by atoms with van der Waals surface area (Å²) in [5.41, 5.74) is 2.96. The molecule has 0 aliphatic heterocycles. The van der Waals surface area contributed by atoms with Crippen molar-refractivity contribution < 1.29 is 9.90 Å². The summed E-state index contributed by atoms with van der Waals surface area (Å²) in [5, 5.41) is 16.9. The summed E-state index contributed by atoms with van der Waals surface area (Å²) in [7, 11) is 0. The van der Waals surface area contributed by atoms with Crippen LogP contribution in [0.25, 0.3) is 6.08 Å². The molecule has 2 aromatic heterocycles. The van der Waals surface area contributed by atoms with Crippen molar-refractivity contribution in [3.05, 3.63) is 52.0 Å². The van der Waals surface area contributed by atoms with E-state index in [-0.39, 0.29) is 12.5 Å². The number of nitrogens with one attached hydrogen (secondary N) is 2. The van der Waals surface area contributed by atoms with Crippen molar-refractivity contribution in [3.8, 4) is 0 Å². The zero-order valence-electron chi connectivity index (χ0n) is 12.4. The quantitative estimate of drug-likeness (QED) is 0.540. The Kier molecular flexibility index (Phi) is 6.12. The Balaban J connectivity index is 1.70. The van der Waals surface area contributed by atoms with Crippen LogP contribution in [-0.4, -0.2) is 29.1 Å². The van der Waals surface area contributed by atoms with Crippen molar-refractivity contribution in [1.29, 1.82) is 0 Å². The van der Waals surface area contributed by atoms with Crippen molar-refractivity contribution in [3.63, 3.8) is 0 Å². The average molecular weight is 317 g/mol. The number of thiophene rings is 1. The lowest BCUT2D eigenvalue weighted by atomic mass is 10.2. The molecule has 0 aromatic carbocycles. The van der Waals surface area contributed by atoms with Crippen LogP contribution >= 0.6 is 11.3 Å². The Hall–Kier alpha value is -2.18. The maximum atomic E-state index is 11.7. The molecule has 22 heavy (non-hydrogen) atoms. The van der Waals surface area contributed by atoms with Gasteiger partial charge in [0, 0.05) is 42.1 Å². The molecule has 0 aliphatic rings. The fourth-order valence-corrected chi connectivity index (χ4v) is 2.63. The number of aliphatic hydroxyl groups is 1. The molecule has 0 atom stereocenters. The summed E-state index contributed by atoms with van der Waals surface area (Å²) in [6, 6.07) is 3.77. The number of aryl methyl sites for hydroxylation is 1. The second-order valence-corrected chi connectivity index (χ2v) is 5.70. The average Bonchev–Trinajstić information content (AvgIpc) is 2.99. The molecule has 0 saturated carbocycles.